The first-order valence-corrected chi connectivity index (χ1v) is 15.6. The van der Waals surface area contributed by atoms with Gasteiger partial charge >= 0.3 is 11.9 Å². The van der Waals surface area contributed by atoms with Gasteiger partial charge in [-0.25, -0.2) is 4.79 Å². The van der Waals surface area contributed by atoms with Gasteiger partial charge in [-0.3, -0.25) is 14.4 Å². The highest BCUT2D eigenvalue weighted by atomic mass is 35.5. The quantitative estimate of drug-likeness (QED) is 0.376. The number of hydrogen-bond acceptors (Lipinski definition) is 7. The predicted octanol–water partition coefficient (Wildman–Crippen LogP) is 5.31. The molecule has 0 saturated heterocycles. The normalized spacial score (nSPS) is 23.5. The topological polar surface area (TPSA) is 120 Å². The summed E-state index contributed by atoms with van der Waals surface area (Å²) in [5.41, 5.74) is 1.69. The van der Waals surface area contributed by atoms with Crippen LogP contribution in [0.2, 0.25) is 5.02 Å². The molecular weight excluding hydrogens is 596 g/mol. The Balaban J connectivity index is 1.89. The van der Waals surface area contributed by atoms with Gasteiger partial charge in [0.1, 0.15) is 17.9 Å². The van der Waals surface area contributed by atoms with Crippen molar-refractivity contribution in [3.8, 4) is 5.75 Å². The van der Waals surface area contributed by atoms with Crippen LogP contribution < -0.4 is 15.4 Å². The third kappa shape index (κ3) is 11.4. The number of amides is 2. The molecule has 0 aliphatic carbocycles. The third-order valence-electron chi connectivity index (χ3n) is 7.36. The Bertz CT molecular complexity index is 1380. The Morgan fingerprint density at radius 1 is 1.02 bits per heavy atom. The predicted molar refractivity (Wildman–Crippen MR) is 173 cm³/mol. The number of benzene rings is 2. The van der Waals surface area contributed by atoms with Gasteiger partial charge in [0.25, 0.3) is 0 Å². The van der Waals surface area contributed by atoms with E-state index in [-0.39, 0.29) is 37.6 Å². The van der Waals surface area contributed by atoms with Crippen LogP contribution in [-0.4, -0.2) is 55.7 Å². The summed E-state index contributed by atoms with van der Waals surface area (Å²) in [6, 6.07) is 13.9. The average Bonchev–Trinajstić information content (AvgIpc) is 3.01. The highest BCUT2D eigenvalue weighted by Crippen LogP contribution is 2.26. The van der Waals surface area contributed by atoms with Crippen LogP contribution in [0.3, 0.4) is 0 Å². The zero-order valence-electron chi connectivity index (χ0n) is 26.5. The zero-order valence-corrected chi connectivity index (χ0v) is 27.2. The highest BCUT2D eigenvalue weighted by molar-refractivity contribution is 6.32. The SMILES string of the molecule is COc1ccc(CC2NC(=O)/C=C\CC(C(C)/C=C/c3ccccc3)OC(=O)C(CC(C)C)OC(=O)C(C)CNC2=O)cc1Cl. The minimum atomic E-state index is -1.11. The van der Waals surface area contributed by atoms with E-state index in [4.69, 9.17) is 25.8 Å². The summed E-state index contributed by atoms with van der Waals surface area (Å²) in [5, 5.41) is 5.85. The summed E-state index contributed by atoms with van der Waals surface area (Å²) in [6.07, 6.45) is 5.68. The largest absolute Gasteiger partial charge is 0.495 e. The van der Waals surface area contributed by atoms with Crippen molar-refractivity contribution in [3.05, 3.63) is 82.9 Å². The Kier molecular flexibility index (Phi) is 13.7. The van der Waals surface area contributed by atoms with E-state index >= 15 is 0 Å². The summed E-state index contributed by atoms with van der Waals surface area (Å²) >= 11 is 6.29. The first-order chi connectivity index (χ1) is 21.5. The molecule has 0 bridgehead atoms. The summed E-state index contributed by atoms with van der Waals surface area (Å²) in [5.74, 6) is -2.74. The van der Waals surface area contributed by atoms with Crippen LogP contribution in [0.25, 0.3) is 6.08 Å². The van der Waals surface area contributed by atoms with E-state index in [1.807, 2.05) is 63.3 Å². The molecular formula is C35H43ClN2O7. The molecule has 242 valence electrons. The second-order valence-electron chi connectivity index (χ2n) is 11.7. The standard InChI is InChI=1S/C35H43ClN2O7/c1-22(2)18-31-35(42)44-29(23(3)14-15-25-10-7-6-8-11-25)12-9-13-32(39)38-28(33(40)37-21-24(4)34(41)45-31)20-26-16-17-30(43-5)27(36)19-26/h6-11,13-17,19,22-24,28-29,31H,12,18,20-21H2,1-5H3,(H,37,40)(H,38,39)/b13-9-,15-14+. The lowest BCUT2D eigenvalue weighted by Crippen LogP contribution is -2.49. The van der Waals surface area contributed by atoms with Gasteiger partial charge in [0, 0.05) is 25.3 Å². The van der Waals surface area contributed by atoms with Gasteiger partial charge in [0.05, 0.1) is 18.1 Å². The molecule has 0 radical (unpaired) electrons. The van der Waals surface area contributed by atoms with Gasteiger partial charge in [-0.15, -0.1) is 0 Å². The number of nitrogens with one attached hydrogen (secondary N) is 2. The molecule has 0 aromatic heterocycles. The van der Waals surface area contributed by atoms with Crippen molar-refractivity contribution in [1.29, 1.82) is 0 Å². The molecule has 2 aromatic rings. The summed E-state index contributed by atoms with van der Waals surface area (Å²) < 4.78 is 16.8. The van der Waals surface area contributed by atoms with E-state index in [1.165, 1.54) is 13.2 Å². The third-order valence-corrected chi connectivity index (χ3v) is 7.66. The summed E-state index contributed by atoms with van der Waals surface area (Å²) in [7, 11) is 1.51. The van der Waals surface area contributed by atoms with Crippen molar-refractivity contribution < 1.29 is 33.4 Å². The van der Waals surface area contributed by atoms with Crippen molar-refractivity contribution in [2.24, 2.45) is 17.8 Å². The van der Waals surface area contributed by atoms with E-state index in [0.717, 1.165) is 5.56 Å². The lowest BCUT2D eigenvalue weighted by Gasteiger charge is -2.26. The van der Waals surface area contributed by atoms with Crippen LogP contribution in [0.5, 0.6) is 5.75 Å². The average molecular weight is 639 g/mol. The number of ether oxygens (including phenoxy) is 3. The fourth-order valence-electron chi connectivity index (χ4n) is 4.69. The lowest BCUT2D eigenvalue weighted by atomic mass is 9.99. The van der Waals surface area contributed by atoms with Crippen molar-refractivity contribution in [2.75, 3.05) is 13.7 Å². The molecule has 5 unspecified atom stereocenters. The highest BCUT2D eigenvalue weighted by Gasteiger charge is 2.31. The molecule has 2 aromatic carbocycles. The summed E-state index contributed by atoms with van der Waals surface area (Å²) in [6.45, 7) is 7.29. The maximum Gasteiger partial charge on any atom is 0.347 e. The second kappa shape index (κ2) is 17.4. The molecule has 0 spiro atoms. The number of carbonyl (C=O) groups excluding carboxylic acids is 4. The number of rotatable bonds is 8. The lowest BCUT2D eigenvalue weighted by molar-refractivity contribution is -0.175. The van der Waals surface area contributed by atoms with Crippen LogP contribution in [0.4, 0.5) is 0 Å². The molecule has 0 saturated carbocycles. The smallest absolute Gasteiger partial charge is 0.347 e. The van der Waals surface area contributed by atoms with Crippen LogP contribution in [0.1, 0.15) is 51.7 Å². The fourth-order valence-corrected chi connectivity index (χ4v) is 4.97. The molecule has 0 fully saturated rings. The molecule has 9 nitrogen and oxygen atoms in total. The Morgan fingerprint density at radius 2 is 1.76 bits per heavy atom. The first kappa shape index (κ1) is 35.4. The number of cyclic esters (lactones) is 2. The number of esters is 2. The Labute approximate surface area is 270 Å². The molecule has 2 amide bonds. The Morgan fingerprint density at radius 3 is 2.42 bits per heavy atom. The minimum absolute atomic E-state index is 0.0422. The molecule has 1 aliphatic rings. The van der Waals surface area contributed by atoms with Crippen molar-refractivity contribution in [3.63, 3.8) is 0 Å². The van der Waals surface area contributed by atoms with Crippen molar-refractivity contribution >= 4 is 41.4 Å². The number of halogens is 1. The van der Waals surface area contributed by atoms with E-state index in [9.17, 15) is 19.2 Å². The molecule has 5 atom stereocenters. The van der Waals surface area contributed by atoms with Gasteiger partial charge in [0.15, 0.2) is 6.10 Å². The monoisotopic (exact) mass is 638 g/mol. The molecule has 1 heterocycles. The van der Waals surface area contributed by atoms with Crippen LogP contribution in [0.15, 0.2) is 66.8 Å². The second-order valence-corrected chi connectivity index (χ2v) is 12.1. The minimum Gasteiger partial charge on any atom is -0.495 e. The van der Waals surface area contributed by atoms with Crippen LogP contribution in [0, 0.1) is 17.8 Å². The number of carbonyl (C=O) groups is 4. The van der Waals surface area contributed by atoms with E-state index in [0.29, 0.717) is 16.3 Å². The number of hydrogen-bond donors (Lipinski definition) is 2. The van der Waals surface area contributed by atoms with Gasteiger partial charge in [-0.05, 0) is 41.7 Å². The molecule has 3 rings (SSSR count). The first-order valence-electron chi connectivity index (χ1n) is 15.2. The van der Waals surface area contributed by atoms with E-state index in [1.54, 1.807) is 31.2 Å². The maximum absolute atomic E-state index is 13.4. The molecule has 2 N–H and O–H groups in total. The van der Waals surface area contributed by atoms with Gasteiger partial charge in [-0.1, -0.05) is 93.9 Å². The Hall–Kier alpha value is -4.11. The molecule has 45 heavy (non-hydrogen) atoms. The zero-order chi connectivity index (χ0) is 32.9. The van der Waals surface area contributed by atoms with E-state index in [2.05, 4.69) is 10.6 Å². The van der Waals surface area contributed by atoms with E-state index < -0.39 is 47.9 Å². The maximum atomic E-state index is 13.4. The van der Waals surface area contributed by atoms with Crippen LogP contribution in [-0.2, 0) is 35.1 Å². The van der Waals surface area contributed by atoms with Crippen molar-refractivity contribution in [1.82, 2.24) is 10.6 Å². The number of methoxy groups -OCH3 is 1. The van der Waals surface area contributed by atoms with Crippen molar-refractivity contribution in [2.45, 2.75) is 65.2 Å². The summed E-state index contributed by atoms with van der Waals surface area (Å²) in [4.78, 5) is 52.7. The fraction of sp³-hybridized carbons (Fsp3) is 0.429. The van der Waals surface area contributed by atoms with Gasteiger partial charge in [-0.2, -0.15) is 0 Å². The molecule has 1 aliphatic heterocycles. The molecule has 10 heteroatoms. The van der Waals surface area contributed by atoms with Crippen LogP contribution >= 0.6 is 11.6 Å². The van der Waals surface area contributed by atoms with Gasteiger partial charge < -0.3 is 24.8 Å². The van der Waals surface area contributed by atoms with Gasteiger partial charge in [0.2, 0.25) is 11.8 Å².